The molecule has 0 radical (unpaired) electrons. The highest BCUT2D eigenvalue weighted by molar-refractivity contribution is 7.89. The first-order valence-electron chi connectivity index (χ1n) is 6.60. The number of sulfonamides is 1. The van der Waals surface area contributed by atoms with Crippen molar-refractivity contribution in [2.45, 2.75) is 13.0 Å². The molecule has 24 heavy (non-hydrogen) atoms. The van der Waals surface area contributed by atoms with Gasteiger partial charge in [0.25, 0.3) is 11.8 Å². The number of benzene rings is 1. The minimum atomic E-state index is -3.89. The second-order valence-corrected chi connectivity index (χ2v) is 6.56. The van der Waals surface area contributed by atoms with Gasteiger partial charge in [0.1, 0.15) is 5.82 Å². The van der Waals surface area contributed by atoms with Gasteiger partial charge >= 0.3 is 0 Å². The lowest BCUT2D eigenvalue weighted by Gasteiger charge is -2.25. The maximum absolute atomic E-state index is 12.9. The zero-order valence-electron chi connectivity index (χ0n) is 13.2. The van der Waals surface area contributed by atoms with Crippen molar-refractivity contribution in [1.82, 2.24) is 9.79 Å². The topological polar surface area (TPSA) is 113 Å². The van der Waals surface area contributed by atoms with E-state index in [9.17, 15) is 27.5 Å². The van der Waals surface area contributed by atoms with Gasteiger partial charge in [-0.15, -0.1) is 0 Å². The van der Waals surface area contributed by atoms with E-state index < -0.39 is 39.5 Å². The van der Waals surface area contributed by atoms with Crippen LogP contribution in [0.3, 0.4) is 0 Å². The molecule has 1 unspecified atom stereocenters. The van der Waals surface area contributed by atoms with Crippen molar-refractivity contribution in [3.63, 3.8) is 0 Å². The monoisotopic (exact) mass is 360 g/mol. The van der Waals surface area contributed by atoms with Crippen LogP contribution >= 0.6 is 0 Å². The fourth-order valence-corrected chi connectivity index (χ4v) is 2.22. The highest BCUT2D eigenvalue weighted by Crippen LogP contribution is 2.21. The summed E-state index contributed by atoms with van der Waals surface area (Å²) in [6.07, 6.45) is 1.24. The van der Waals surface area contributed by atoms with Gasteiger partial charge in [0.2, 0.25) is 10.0 Å². The van der Waals surface area contributed by atoms with Gasteiger partial charge in [0.05, 0.1) is 25.5 Å². The number of nitrogens with zero attached hydrogens (tertiary/aromatic N) is 1. The Labute approximate surface area is 138 Å². The lowest BCUT2D eigenvalue weighted by molar-refractivity contribution is -0.182. The number of hydrogen-bond donors (Lipinski definition) is 2. The Kier molecular flexibility index (Phi) is 6.43. The summed E-state index contributed by atoms with van der Waals surface area (Å²) in [5, 5.41) is 10.3. The van der Waals surface area contributed by atoms with Gasteiger partial charge in [-0.25, -0.2) is 22.6 Å². The third-order valence-corrected chi connectivity index (χ3v) is 3.45. The van der Waals surface area contributed by atoms with E-state index in [1.807, 2.05) is 0 Å². The number of nitrogens with one attached hydrogen (secondary N) is 1. The molecule has 0 aliphatic carbocycles. The summed E-state index contributed by atoms with van der Waals surface area (Å²) in [6, 6.07) is 4.64. The molecule has 1 atom stereocenters. The van der Waals surface area contributed by atoms with E-state index in [4.69, 9.17) is 4.84 Å². The first kappa shape index (κ1) is 19.6. The summed E-state index contributed by atoms with van der Waals surface area (Å²) < 4.78 is 36.3. The Morgan fingerprint density at radius 2 is 1.88 bits per heavy atom. The van der Waals surface area contributed by atoms with Gasteiger partial charge in [0, 0.05) is 0 Å². The minimum Gasteiger partial charge on any atom is -0.503 e. The molecular formula is C14H17FN2O6S. The fourth-order valence-electron chi connectivity index (χ4n) is 1.78. The summed E-state index contributed by atoms with van der Waals surface area (Å²) in [7, 11) is -2.69. The predicted octanol–water partition coefficient (Wildman–Crippen LogP) is 0.794. The molecule has 2 amide bonds. The highest BCUT2D eigenvalue weighted by atomic mass is 32.2. The summed E-state index contributed by atoms with van der Waals surface area (Å²) in [5.41, 5.74) is 0.542. The van der Waals surface area contributed by atoms with Crippen LogP contribution in [-0.4, -0.2) is 43.8 Å². The molecule has 8 nitrogen and oxygen atoms in total. The molecule has 0 aliphatic heterocycles. The number of carbonyl (C=O) groups is 2. The van der Waals surface area contributed by atoms with Crippen LogP contribution in [0.15, 0.2) is 36.1 Å². The molecule has 1 aromatic carbocycles. The maximum Gasteiger partial charge on any atom is 0.299 e. The molecule has 10 heteroatoms. The van der Waals surface area contributed by atoms with Crippen molar-refractivity contribution in [2.24, 2.45) is 0 Å². The van der Waals surface area contributed by atoms with Crippen molar-refractivity contribution in [2.75, 3.05) is 13.4 Å². The van der Waals surface area contributed by atoms with E-state index in [1.54, 1.807) is 6.92 Å². The van der Waals surface area contributed by atoms with E-state index in [0.717, 1.165) is 11.3 Å². The number of carbonyl (C=O) groups excluding carboxylic acids is 2. The predicted molar refractivity (Wildman–Crippen MR) is 82.4 cm³/mol. The smallest absolute Gasteiger partial charge is 0.299 e. The van der Waals surface area contributed by atoms with Gasteiger partial charge in [-0.2, -0.15) is 0 Å². The second-order valence-electron chi connectivity index (χ2n) is 4.81. The molecule has 0 saturated carbocycles. The lowest BCUT2D eigenvalue weighted by atomic mass is 10.1. The number of hydroxylamine groups is 2. The third kappa shape index (κ3) is 5.63. The van der Waals surface area contributed by atoms with E-state index in [-0.39, 0.29) is 0 Å². The van der Waals surface area contributed by atoms with Crippen LogP contribution in [0.2, 0.25) is 0 Å². The van der Waals surface area contributed by atoms with Gasteiger partial charge in [-0.3, -0.25) is 14.4 Å². The third-order valence-electron chi connectivity index (χ3n) is 2.89. The van der Waals surface area contributed by atoms with Gasteiger partial charge in [-0.1, -0.05) is 12.1 Å². The number of aliphatic hydroxyl groups is 1. The Morgan fingerprint density at radius 3 is 2.33 bits per heavy atom. The fraction of sp³-hybridized carbons (Fsp3) is 0.286. The number of amides is 2. The molecule has 1 rings (SSSR count). The van der Waals surface area contributed by atoms with Crippen LogP contribution in [0.5, 0.6) is 0 Å². The second kappa shape index (κ2) is 7.88. The van der Waals surface area contributed by atoms with Gasteiger partial charge in [0.15, 0.2) is 5.76 Å². The van der Waals surface area contributed by atoms with Crippen LogP contribution < -0.4 is 4.72 Å². The average Bonchev–Trinajstić information content (AvgIpc) is 2.46. The minimum absolute atomic E-state index is 0.448. The van der Waals surface area contributed by atoms with Crippen LogP contribution in [-0.2, 0) is 24.4 Å². The van der Waals surface area contributed by atoms with E-state index >= 15 is 0 Å². The number of rotatable bonds is 6. The average molecular weight is 360 g/mol. The summed E-state index contributed by atoms with van der Waals surface area (Å²) in [4.78, 5) is 28.4. The van der Waals surface area contributed by atoms with Crippen LogP contribution in [0.1, 0.15) is 18.5 Å². The molecule has 0 aliphatic rings. The first-order valence-corrected chi connectivity index (χ1v) is 8.50. The van der Waals surface area contributed by atoms with Crippen LogP contribution in [0, 0.1) is 5.82 Å². The first-order chi connectivity index (χ1) is 11.0. The van der Waals surface area contributed by atoms with Gasteiger partial charge < -0.3 is 5.11 Å². The Hall–Kier alpha value is -2.46. The van der Waals surface area contributed by atoms with Crippen molar-refractivity contribution in [3.05, 3.63) is 47.5 Å². The van der Waals surface area contributed by atoms with E-state index in [1.165, 1.54) is 36.1 Å². The number of aliphatic hydroxyl groups excluding tert-OH is 1. The largest absolute Gasteiger partial charge is 0.503 e. The zero-order valence-corrected chi connectivity index (χ0v) is 14.0. The summed E-state index contributed by atoms with van der Waals surface area (Å²) in [6.45, 7) is 1.58. The lowest BCUT2D eigenvalue weighted by Crippen LogP contribution is -2.34. The van der Waals surface area contributed by atoms with E-state index in [2.05, 4.69) is 0 Å². The number of hydrogen-bond acceptors (Lipinski definition) is 6. The number of halogens is 1. The summed E-state index contributed by atoms with van der Waals surface area (Å²) in [5.74, 6) is -3.80. The van der Waals surface area contributed by atoms with Crippen molar-refractivity contribution in [3.8, 4) is 0 Å². The molecule has 1 aromatic rings. The Balaban J connectivity index is 2.95. The van der Waals surface area contributed by atoms with E-state index in [0.29, 0.717) is 11.6 Å². The zero-order chi connectivity index (χ0) is 18.5. The quantitative estimate of drug-likeness (QED) is 0.441. The Morgan fingerprint density at radius 1 is 1.33 bits per heavy atom. The molecule has 0 heterocycles. The van der Waals surface area contributed by atoms with Crippen LogP contribution in [0.4, 0.5) is 4.39 Å². The van der Waals surface area contributed by atoms with Crippen molar-refractivity contribution in [1.29, 1.82) is 0 Å². The molecule has 0 aromatic heterocycles. The van der Waals surface area contributed by atoms with Crippen molar-refractivity contribution >= 4 is 21.8 Å². The molecule has 2 N–H and O–H groups in total. The molecule has 0 saturated heterocycles. The van der Waals surface area contributed by atoms with Gasteiger partial charge in [-0.05, 0) is 24.6 Å². The normalized spacial score (nSPS) is 13.2. The van der Waals surface area contributed by atoms with Crippen LogP contribution in [0.25, 0.3) is 0 Å². The molecular weight excluding hydrogens is 343 g/mol. The molecule has 132 valence electrons. The standard InChI is InChI=1S/C14H17FN2O6S/c1-9(10-4-6-11(15)7-5-10)17(23-2)13(19)8-12(18)14(20)16-24(3,21)22/h4-9,18H,1-3H3,(H,16,20). The molecule has 0 fully saturated rings. The molecule has 0 spiro atoms. The molecule has 0 bridgehead atoms. The maximum atomic E-state index is 12.9. The SMILES string of the molecule is CON(C(=O)C=C(O)C(=O)NS(C)(=O)=O)C(C)c1ccc(F)cc1. The highest BCUT2D eigenvalue weighted by Gasteiger charge is 2.23. The Bertz CT molecular complexity index is 745. The van der Waals surface area contributed by atoms with Crippen molar-refractivity contribution < 1.29 is 32.3 Å². The summed E-state index contributed by atoms with van der Waals surface area (Å²) >= 11 is 0.